The highest BCUT2D eigenvalue weighted by Crippen LogP contribution is 2.32. The Kier molecular flexibility index (Phi) is 4.82. The van der Waals surface area contributed by atoms with Crippen LogP contribution in [0.3, 0.4) is 0 Å². The second-order valence-electron chi connectivity index (χ2n) is 6.79. The molecule has 0 saturated heterocycles. The maximum absolute atomic E-state index is 12.7. The van der Waals surface area contributed by atoms with Gasteiger partial charge in [-0.05, 0) is 33.3 Å². The summed E-state index contributed by atoms with van der Waals surface area (Å²) in [5.41, 5.74) is 0.298. The number of urea groups is 1. The Morgan fingerprint density at radius 2 is 2.00 bits per heavy atom. The first-order valence-corrected chi connectivity index (χ1v) is 7.74. The smallest absolute Gasteiger partial charge is 0.338 e. The van der Waals surface area contributed by atoms with Gasteiger partial charge in [0.15, 0.2) is 0 Å². The number of nitrogens with zero attached hydrogens (tertiary/aromatic N) is 2. The van der Waals surface area contributed by atoms with E-state index in [0.717, 1.165) is 0 Å². The summed E-state index contributed by atoms with van der Waals surface area (Å²) in [7, 11) is 1.54. The average Bonchev–Trinajstić information content (AvgIpc) is 2.50. The van der Waals surface area contributed by atoms with Crippen molar-refractivity contribution in [1.82, 2.24) is 10.2 Å². The molecular weight excluding hydrogens is 326 g/mol. The van der Waals surface area contributed by atoms with Crippen LogP contribution in [0.15, 0.2) is 35.5 Å². The Morgan fingerprint density at radius 1 is 1.36 bits per heavy atom. The molecule has 2 amide bonds. The molecule has 1 aromatic carbocycles. The number of esters is 1. The van der Waals surface area contributed by atoms with E-state index >= 15 is 0 Å². The number of carbonyl (C=O) groups excluding carboxylic acids is 2. The number of allylic oxidation sites excluding steroid dienone is 1. The molecule has 0 spiro atoms. The monoisotopic (exact) mass is 347 g/mol. The van der Waals surface area contributed by atoms with E-state index in [1.807, 2.05) is 0 Å². The first-order valence-electron chi connectivity index (χ1n) is 7.74. The predicted molar refractivity (Wildman–Crippen MR) is 90.7 cm³/mol. The lowest BCUT2D eigenvalue weighted by molar-refractivity contribution is -0.384. The number of rotatable bonds is 3. The topological polar surface area (TPSA) is 102 Å². The number of nitrogens with one attached hydrogen (secondary N) is 1. The number of nitro benzene ring substituents is 1. The van der Waals surface area contributed by atoms with Crippen LogP contribution in [0.25, 0.3) is 0 Å². The quantitative estimate of drug-likeness (QED) is 0.514. The number of non-ortho nitro benzene ring substituents is 1. The summed E-state index contributed by atoms with van der Waals surface area (Å²) >= 11 is 0. The number of benzene rings is 1. The zero-order valence-electron chi connectivity index (χ0n) is 14.8. The van der Waals surface area contributed by atoms with Gasteiger partial charge in [0.1, 0.15) is 5.60 Å². The molecule has 0 bridgehead atoms. The second kappa shape index (κ2) is 6.54. The molecule has 1 atom stereocenters. The Hall–Kier alpha value is -2.90. The van der Waals surface area contributed by atoms with E-state index in [-0.39, 0.29) is 11.3 Å². The fourth-order valence-corrected chi connectivity index (χ4v) is 2.50. The summed E-state index contributed by atoms with van der Waals surface area (Å²) in [5, 5.41) is 13.7. The normalized spacial score (nSPS) is 18.0. The minimum atomic E-state index is -0.821. The molecular formula is C17H21N3O5. The molecule has 1 unspecified atom stereocenters. The van der Waals surface area contributed by atoms with Crippen LogP contribution in [0.1, 0.15) is 39.3 Å². The average molecular weight is 347 g/mol. The predicted octanol–water partition coefficient (Wildman–Crippen LogP) is 2.91. The van der Waals surface area contributed by atoms with Gasteiger partial charge in [0.05, 0.1) is 16.5 Å². The van der Waals surface area contributed by atoms with Gasteiger partial charge < -0.3 is 15.0 Å². The number of hydrogen-bond acceptors (Lipinski definition) is 5. The summed E-state index contributed by atoms with van der Waals surface area (Å²) in [6.45, 7) is 6.87. The zero-order chi connectivity index (χ0) is 18.9. The van der Waals surface area contributed by atoms with E-state index in [1.54, 1.807) is 40.8 Å². The van der Waals surface area contributed by atoms with E-state index in [9.17, 15) is 19.7 Å². The summed E-state index contributed by atoms with van der Waals surface area (Å²) in [6, 6.07) is 4.61. The van der Waals surface area contributed by atoms with Crippen molar-refractivity contribution in [2.75, 3.05) is 7.05 Å². The molecule has 0 aromatic heterocycles. The summed E-state index contributed by atoms with van der Waals surface area (Å²) in [5.74, 6) is -0.576. The van der Waals surface area contributed by atoms with Crippen LogP contribution in [0.4, 0.5) is 10.5 Å². The molecule has 1 aliphatic rings. The number of amides is 2. The minimum absolute atomic E-state index is 0.119. The first-order chi connectivity index (χ1) is 11.5. The van der Waals surface area contributed by atoms with Gasteiger partial charge in [-0.15, -0.1) is 0 Å². The molecule has 1 aromatic rings. The van der Waals surface area contributed by atoms with E-state index in [0.29, 0.717) is 11.3 Å². The lowest BCUT2D eigenvalue weighted by atomic mass is 9.94. The minimum Gasteiger partial charge on any atom is -0.456 e. The maximum atomic E-state index is 12.7. The molecule has 0 fully saturated rings. The van der Waals surface area contributed by atoms with Crippen LogP contribution in [0.2, 0.25) is 0 Å². The fraction of sp³-hybridized carbons (Fsp3) is 0.412. The van der Waals surface area contributed by atoms with Crippen molar-refractivity contribution in [1.29, 1.82) is 0 Å². The molecule has 0 saturated carbocycles. The van der Waals surface area contributed by atoms with Crippen molar-refractivity contribution in [2.45, 2.75) is 39.3 Å². The lowest BCUT2D eigenvalue weighted by Crippen LogP contribution is -2.46. The van der Waals surface area contributed by atoms with Crippen LogP contribution in [-0.4, -0.2) is 34.5 Å². The second-order valence-corrected chi connectivity index (χ2v) is 6.79. The van der Waals surface area contributed by atoms with Crippen molar-refractivity contribution in [2.24, 2.45) is 0 Å². The van der Waals surface area contributed by atoms with Gasteiger partial charge in [-0.3, -0.25) is 10.1 Å². The molecule has 2 rings (SSSR count). The number of nitro groups is 1. The van der Waals surface area contributed by atoms with Crippen LogP contribution < -0.4 is 5.32 Å². The summed E-state index contributed by atoms with van der Waals surface area (Å²) in [4.78, 5) is 36.7. The fourth-order valence-electron chi connectivity index (χ4n) is 2.50. The van der Waals surface area contributed by atoms with Gasteiger partial charge in [-0.2, -0.15) is 0 Å². The van der Waals surface area contributed by atoms with E-state index in [1.165, 1.54) is 23.1 Å². The van der Waals surface area contributed by atoms with Crippen LogP contribution in [0.5, 0.6) is 0 Å². The molecule has 8 nitrogen and oxygen atoms in total. The first kappa shape index (κ1) is 18.4. The van der Waals surface area contributed by atoms with Crippen LogP contribution >= 0.6 is 0 Å². The van der Waals surface area contributed by atoms with Crippen molar-refractivity contribution in [3.63, 3.8) is 0 Å². The van der Waals surface area contributed by atoms with Crippen LogP contribution in [0, 0.1) is 10.1 Å². The van der Waals surface area contributed by atoms with E-state index in [4.69, 9.17) is 4.74 Å². The highest BCUT2D eigenvalue weighted by Gasteiger charge is 2.36. The Bertz CT molecular complexity index is 764. The zero-order valence-corrected chi connectivity index (χ0v) is 14.8. The molecule has 134 valence electrons. The van der Waals surface area contributed by atoms with Crippen molar-refractivity contribution in [3.8, 4) is 0 Å². The maximum Gasteiger partial charge on any atom is 0.338 e. The van der Waals surface area contributed by atoms with Gasteiger partial charge in [0.2, 0.25) is 0 Å². The van der Waals surface area contributed by atoms with E-state index < -0.39 is 28.6 Å². The van der Waals surface area contributed by atoms with Crippen molar-refractivity contribution >= 4 is 17.7 Å². The van der Waals surface area contributed by atoms with Gasteiger partial charge in [-0.1, -0.05) is 12.1 Å². The Morgan fingerprint density at radius 3 is 2.56 bits per heavy atom. The molecule has 25 heavy (non-hydrogen) atoms. The highest BCUT2D eigenvalue weighted by atomic mass is 16.6. The molecule has 8 heteroatoms. The molecule has 0 aliphatic carbocycles. The third-order valence-electron chi connectivity index (χ3n) is 3.79. The summed E-state index contributed by atoms with van der Waals surface area (Å²) < 4.78 is 5.45. The molecule has 1 N–H and O–H groups in total. The van der Waals surface area contributed by atoms with Gasteiger partial charge in [0, 0.05) is 24.9 Å². The molecule has 0 radical (unpaired) electrons. The van der Waals surface area contributed by atoms with Crippen molar-refractivity contribution < 1.29 is 19.2 Å². The third kappa shape index (κ3) is 3.96. The van der Waals surface area contributed by atoms with Crippen molar-refractivity contribution in [3.05, 3.63) is 51.2 Å². The Balaban J connectivity index is 2.53. The van der Waals surface area contributed by atoms with E-state index in [2.05, 4.69) is 5.32 Å². The standard InChI is InChI=1S/C17H21N3O5/c1-10-13(15(21)25-17(2,3)4)14(18-16(22)19(10)5)11-7-6-8-12(9-11)20(23)24/h6-9,14H,1-5H3,(H,18,22). The lowest BCUT2D eigenvalue weighted by Gasteiger charge is -2.34. The number of ether oxygens (including phenoxy) is 1. The largest absolute Gasteiger partial charge is 0.456 e. The van der Waals surface area contributed by atoms with Gasteiger partial charge in [0.25, 0.3) is 5.69 Å². The number of carbonyl (C=O) groups is 2. The number of hydrogen-bond donors (Lipinski definition) is 1. The van der Waals surface area contributed by atoms with Gasteiger partial charge >= 0.3 is 12.0 Å². The SMILES string of the molecule is CC1=C(C(=O)OC(C)(C)C)C(c2cccc([N+](=O)[O-])c2)NC(=O)N1C. The van der Waals surface area contributed by atoms with Gasteiger partial charge in [-0.25, -0.2) is 9.59 Å². The third-order valence-corrected chi connectivity index (χ3v) is 3.79. The Labute approximate surface area is 145 Å². The summed E-state index contributed by atoms with van der Waals surface area (Å²) in [6.07, 6.45) is 0. The highest BCUT2D eigenvalue weighted by molar-refractivity contribution is 5.95. The molecule has 1 heterocycles. The molecule has 1 aliphatic heterocycles. The van der Waals surface area contributed by atoms with Crippen LogP contribution in [-0.2, 0) is 9.53 Å².